The number of carbonyl (C=O) groups is 2. The molecule has 0 fully saturated rings. The van der Waals surface area contributed by atoms with Crippen molar-refractivity contribution in [2.75, 3.05) is 13.2 Å². The van der Waals surface area contributed by atoms with Gasteiger partial charge >= 0.3 is 5.97 Å². The lowest BCUT2D eigenvalue weighted by Crippen LogP contribution is -2.45. The molecule has 0 aromatic carbocycles. The van der Waals surface area contributed by atoms with Crippen molar-refractivity contribution in [1.82, 2.24) is 10.0 Å². The molecule has 0 aliphatic carbocycles. The second kappa shape index (κ2) is 8.99. The van der Waals surface area contributed by atoms with Gasteiger partial charge in [0.2, 0.25) is 0 Å². The molecule has 0 bridgehead atoms. The monoisotopic (exact) mass is 362 g/mol. The Morgan fingerprint density at radius 3 is 2.57 bits per heavy atom. The molecule has 0 aliphatic heterocycles. The summed E-state index contributed by atoms with van der Waals surface area (Å²) in [6.45, 7) is 5.36. The summed E-state index contributed by atoms with van der Waals surface area (Å²) in [4.78, 5) is 23.5. The van der Waals surface area contributed by atoms with E-state index < -0.39 is 34.5 Å². The lowest BCUT2D eigenvalue weighted by molar-refractivity contribution is -0.151. The van der Waals surface area contributed by atoms with Crippen molar-refractivity contribution in [2.45, 2.75) is 37.4 Å². The number of rotatable bonds is 9. The smallest absolute Gasteiger partial charge is 0.324 e. The van der Waals surface area contributed by atoms with E-state index in [2.05, 4.69) is 10.0 Å². The van der Waals surface area contributed by atoms with Gasteiger partial charge in [0.1, 0.15) is 10.3 Å². The maximum Gasteiger partial charge on any atom is 0.324 e. The number of nitrogens with one attached hydrogen (secondary N) is 2. The zero-order valence-corrected chi connectivity index (χ0v) is 15.0. The lowest BCUT2D eigenvalue weighted by atomic mass is 10.1. The van der Waals surface area contributed by atoms with Crippen molar-refractivity contribution in [3.63, 3.8) is 0 Å². The first-order chi connectivity index (χ1) is 10.8. The van der Waals surface area contributed by atoms with Crippen LogP contribution in [0, 0.1) is 5.92 Å². The summed E-state index contributed by atoms with van der Waals surface area (Å²) >= 11 is 1.06. The van der Waals surface area contributed by atoms with Crippen molar-refractivity contribution in [1.29, 1.82) is 0 Å². The van der Waals surface area contributed by atoms with Gasteiger partial charge in [0, 0.05) is 6.54 Å². The highest BCUT2D eigenvalue weighted by Crippen LogP contribution is 2.17. The molecular weight excluding hydrogens is 340 g/mol. The van der Waals surface area contributed by atoms with E-state index in [1.165, 1.54) is 6.07 Å². The van der Waals surface area contributed by atoms with Gasteiger partial charge in [-0.25, -0.2) is 8.42 Å². The zero-order valence-electron chi connectivity index (χ0n) is 13.4. The van der Waals surface area contributed by atoms with Crippen LogP contribution in [0.25, 0.3) is 0 Å². The van der Waals surface area contributed by atoms with E-state index in [4.69, 9.17) is 4.74 Å². The minimum Gasteiger partial charge on any atom is -0.454 e. The zero-order chi connectivity index (χ0) is 17.5. The maximum atomic E-state index is 12.2. The Bertz CT molecular complexity index is 611. The Labute approximate surface area is 140 Å². The number of thiophene rings is 1. The minimum absolute atomic E-state index is 0.122. The van der Waals surface area contributed by atoms with Crippen LogP contribution in [0.3, 0.4) is 0 Å². The molecule has 0 spiro atoms. The average molecular weight is 362 g/mol. The highest BCUT2D eigenvalue weighted by molar-refractivity contribution is 7.91. The molecule has 1 rings (SSSR count). The summed E-state index contributed by atoms with van der Waals surface area (Å²) < 4.78 is 31.8. The molecule has 0 unspecified atom stereocenters. The molecule has 1 atom stereocenters. The Kier molecular flexibility index (Phi) is 7.66. The molecule has 0 saturated carbocycles. The number of sulfonamides is 1. The molecule has 130 valence electrons. The first-order valence-electron chi connectivity index (χ1n) is 7.27. The quantitative estimate of drug-likeness (QED) is 0.641. The summed E-state index contributed by atoms with van der Waals surface area (Å²) in [6.07, 6.45) is 0.773. The van der Waals surface area contributed by atoms with Crippen LogP contribution in [0.4, 0.5) is 0 Å². The van der Waals surface area contributed by atoms with E-state index in [1.54, 1.807) is 25.3 Å². The predicted molar refractivity (Wildman–Crippen MR) is 87.5 cm³/mol. The van der Waals surface area contributed by atoms with E-state index in [9.17, 15) is 18.0 Å². The first-order valence-corrected chi connectivity index (χ1v) is 9.63. The summed E-state index contributed by atoms with van der Waals surface area (Å²) in [7, 11) is -3.79. The fourth-order valence-electron chi connectivity index (χ4n) is 1.64. The van der Waals surface area contributed by atoms with Gasteiger partial charge < -0.3 is 10.1 Å². The van der Waals surface area contributed by atoms with E-state index in [0.29, 0.717) is 6.54 Å². The molecule has 1 heterocycles. The van der Waals surface area contributed by atoms with E-state index in [1.807, 2.05) is 6.92 Å². The van der Waals surface area contributed by atoms with Crippen LogP contribution >= 0.6 is 11.3 Å². The van der Waals surface area contributed by atoms with Gasteiger partial charge in [-0.15, -0.1) is 11.3 Å². The average Bonchev–Trinajstić information content (AvgIpc) is 3.03. The second-order valence-electron chi connectivity index (χ2n) is 5.23. The highest BCUT2D eigenvalue weighted by atomic mass is 32.2. The summed E-state index contributed by atoms with van der Waals surface area (Å²) in [6, 6.07) is 2.01. The molecule has 1 aromatic rings. The molecule has 1 aromatic heterocycles. The molecule has 0 radical (unpaired) electrons. The Balaban J connectivity index is 2.68. The maximum absolute atomic E-state index is 12.2. The molecule has 9 heteroatoms. The van der Waals surface area contributed by atoms with Crippen molar-refractivity contribution in [2.24, 2.45) is 5.92 Å². The predicted octanol–water partition coefficient (Wildman–Crippen LogP) is 1.12. The van der Waals surface area contributed by atoms with Crippen LogP contribution in [-0.4, -0.2) is 39.5 Å². The normalized spacial score (nSPS) is 12.9. The van der Waals surface area contributed by atoms with Crippen LogP contribution in [-0.2, 0) is 24.3 Å². The molecule has 7 nitrogen and oxygen atoms in total. The van der Waals surface area contributed by atoms with Crippen LogP contribution < -0.4 is 10.0 Å². The molecule has 0 aliphatic rings. The van der Waals surface area contributed by atoms with Gasteiger partial charge in [-0.05, 0) is 23.8 Å². The molecular formula is C14H22N2O5S2. The topological polar surface area (TPSA) is 102 Å². The summed E-state index contributed by atoms with van der Waals surface area (Å²) in [5.41, 5.74) is 0. The highest BCUT2D eigenvalue weighted by Gasteiger charge is 2.30. The van der Waals surface area contributed by atoms with Crippen molar-refractivity contribution < 1.29 is 22.7 Å². The summed E-state index contributed by atoms with van der Waals surface area (Å²) in [5, 5.41) is 4.21. The first kappa shape index (κ1) is 19.6. The number of hydrogen-bond donors (Lipinski definition) is 2. The van der Waals surface area contributed by atoms with Crippen molar-refractivity contribution in [3.8, 4) is 0 Å². The largest absolute Gasteiger partial charge is 0.454 e. The van der Waals surface area contributed by atoms with Crippen molar-refractivity contribution >= 4 is 33.2 Å². The van der Waals surface area contributed by atoms with Gasteiger partial charge in [0.05, 0.1) is 0 Å². The van der Waals surface area contributed by atoms with Gasteiger partial charge in [-0.1, -0.05) is 26.8 Å². The SMILES string of the molecule is CCCNC(=O)COC(=O)[C@H](NS(=O)(=O)c1cccs1)C(C)C. The molecule has 2 N–H and O–H groups in total. The minimum atomic E-state index is -3.79. The van der Waals surface area contributed by atoms with E-state index >= 15 is 0 Å². The Morgan fingerprint density at radius 2 is 2.04 bits per heavy atom. The van der Waals surface area contributed by atoms with Crippen LogP contribution in [0.5, 0.6) is 0 Å². The number of esters is 1. The molecule has 0 saturated heterocycles. The fraction of sp³-hybridized carbons (Fsp3) is 0.571. The van der Waals surface area contributed by atoms with E-state index in [-0.39, 0.29) is 10.1 Å². The van der Waals surface area contributed by atoms with Gasteiger partial charge in [0.15, 0.2) is 6.61 Å². The third-order valence-corrected chi connectivity index (χ3v) is 5.72. The van der Waals surface area contributed by atoms with Crippen LogP contribution in [0.15, 0.2) is 21.7 Å². The van der Waals surface area contributed by atoms with E-state index in [0.717, 1.165) is 17.8 Å². The molecule has 1 amide bonds. The second-order valence-corrected chi connectivity index (χ2v) is 8.12. The molecule has 23 heavy (non-hydrogen) atoms. The Morgan fingerprint density at radius 1 is 1.35 bits per heavy atom. The lowest BCUT2D eigenvalue weighted by Gasteiger charge is -2.20. The van der Waals surface area contributed by atoms with Crippen molar-refractivity contribution in [3.05, 3.63) is 17.5 Å². The number of hydrogen-bond acceptors (Lipinski definition) is 6. The van der Waals surface area contributed by atoms with Crippen LogP contribution in [0.2, 0.25) is 0 Å². The van der Waals surface area contributed by atoms with Crippen LogP contribution in [0.1, 0.15) is 27.2 Å². The number of amides is 1. The fourth-order valence-corrected chi connectivity index (χ4v) is 3.98. The standard InChI is InChI=1S/C14H22N2O5S2/c1-4-7-15-11(17)9-21-14(18)13(10(2)3)16-23(19,20)12-6-5-8-22-12/h5-6,8,10,13,16H,4,7,9H2,1-3H3,(H,15,17)/t13-/m1/s1. The Hall–Kier alpha value is -1.45. The van der Waals surface area contributed by atoms with Gasteiger partial charge in [-0.3, -0.25) is 9.59 Å². The van der Waals surface area contributed by atoms with Gasteiger partial charge in [0.25, 0.3) is 15.9 Å². The van der Waals surface area contributed by atoms with Gasteiger partial charge in [-0.2, -0.15) is 4.72 Å². The third kappa shape index (κ3) is 6.28. The third-order valence-electron chi connectivity index (χ3n) is 2.88. The number of ether oxygens (including phenoxy) is 1. The number of carbonyl (C=O) groups excluding carboxylic acids is 2. The summed E-state index contributed by atoms with van der Waals surface area (Å²) in [5.74, 6) is -1.51.